The van der Waals surface area contributed by atoms with Crippen molar-refractivity contribution in [1.29, 1.82) is 0 Å². The van der Waals surface area contributed by atoms with Crippen LogP contribution in [0.1, 0.15) is 12.8 Å². The fourth-order valence-corrected chi connectivity index (χ4v) is 4.31. The highest BCUT2D eigenvalue weighted by Crippen LogP contribution is 2.60. The second-order valence-electron chi connectivity index (χ2n) is 5.36. The average Bonchev–Trinajstić information content (AvgIpc) is 2.80. The highest BCUT2D eigenvalue weighted by molar-refractivity contribution is 7.89. The van der Waals surface area contributed by atoms with Gasteiger partial charge in [0.2, 0.25) is 5.03 Å². The Morgan fingerprint density at radius 1 is 1.44 bits per heavy atom. The Bertz CT molecular complexity index is 558. The van der Waals surface area contributed by atoms with Crippen LogP contribution in [-0.2, 0) is 14.8 Å². The van der Waals surface area contributed by atoms with Crippen molar-refractivity contribution < 1.29 is 13.2 Å². The van der Waals surface area contributed by atoms with E-state index in [1.165, 1.54) is 12.6 Å². The molecular weight excluding hydrogens is 256 g/mol. The van der Waals surface area contributed by atoms with E-state index in [0.29, 0.717) is 24.5 Å². The van der Waals surface area contributed by atoms with E-state index in [2.05, 4.69) is 20.1 Å². The molecule has 7 nitrogen and oxygen atoms in total. The summed E-state index contributed by atoms with van der Waals surface area (Å²) in [7, 11) is -3.54. The largest absolute Gasteiger partial charge is 0.374 e. The highest BCUT2D eigenvalue weighted by Gasteiger charge is 2.62. The van der Waals surface area contributed by atoms with Gasteiger partial charge < -0.3 is 4.74 Å². The van der Waals surface area contributed by atoms with Crippen molar-refractivity contribution in [3.8, 4) is 0 Å². The SMILES string of the molecule is O=S(=O)(NC[C@@H]1C[C@@H]2O[C@H]1[C@H]1C[C@H]12)c1cn[nH]n1. The standard InChI is InChI=1S/C10H14N4O3S/c15-18(16,9-4-11-14-13-9)12-3-5-1-8-6-2-7(6)10(5)17-8/h4-8,10,12H,1-3H2,(H,11,13,14)/t5-,6+,7-,8-,10+/m0/s1. The predicted molar refractivity (Wildman–Crippen MR) is 59.9 cm³/mol. The van der Waals surface area contributed by atoms with Crippen LogP contribution in [0.25, 0.3) is 0 Å². The lowest BCUT2D eigenvalue weighted by Gasteiger charge is -2.18. The Morgan fingerprint density at radius 3 is 3.00 bits per heavy atom. The summed E-state index contributed by atoms with van der Waals surface area (Å²) in [5, 5.41) is 9.33. The molecule has 0 unspecified atom stereocenters. The molecule has 98 valence electrons. The number of nitrogens with zero attached hydrogens (tertiary/aromatic N) is 2. The molecule has 3 heterocycles. The quantitative estimate of drug-likeness (QED) is 0.769. The zero-order valence-electron chi connectivity index (χ0n) is 9.61. The number of rotatable bonds is 4. The van der Waals surface area contributed by atoms with E-state index >= 15 is 0 Å². The van der Waals surface area contributed by atoms with Crippen LogP contribution in [0.15, 0.2) is 11.2 Å². The van der Waals surface area contributed by atoms with E-state index < -0.39 is 10.0 Å². The molecule has 4 rings (SSSR count). The van der Waals surface area contributed by atoms with Crippen LogP contribution in [0.2, 0.25) is 0 Å². The molecule has 5 atom stereocenters. The number of H-pyrrole nitrogens is 1. The lowest BCUT2D eigenvalue weighted by molar-refractivity contribution is 0.0617. The predicted octanol–water partition coefficient (Wildman–Crippen LogP) is -0.494. The van der Waals surface area contributed by atoms with Gasteiger partial charge in [-0.2, -0.15) is 10.3 Å². The molecule has 0 spiro atoms. The van der Waals surface area contributed by atoms with Crippen molar-refractivity contribution in [1.82, 2.24) is 20.1 Å². The van der Waals surface area contributed by atoms with Gasteiger partial charge in [-0.1, -0.05) is 0 Å². The molecule has 0 aromatic carbocycles. The minimum Gasteiger partial charge on any atom is -0.374 e. The molecule has 1 aromatic rings. The molecule has 0 radical (unpaired) electrons. The van der Waals surface area contributed by atoms with Gasteiger partial charge in [0.15, 0.2) is 0 Å². The number of sulfonamides is 1. The topological polar surface area (TPSA) is 97.0 Å². The van der Waals surface area contributed by atoms with Gasteiger partial charge in [-0.05, 0) is 24.7 Å². The maximum absolute atomic E-state index is 11.9. The van der Waals surface area contributed by atoms with Crippen LogP contribution in [0.3, 0.4) is 0 Å². The number of nitrogens with one attached hydrogen (secondary N) is 2. The second kappa shape index (κ2) is 3.52. The summed E-state index contributed by atoms with van der Waals surface area (Å²) >= 11 is 0. The first-order chi connectivity index (χ1) is 8.65. The van der Waals surface area contributed by atoms with Crippen LogP contribution in [-0.4, -0.2) is 42.6 Å². The molecule has 0 amide bonds. The lowest BCUT2D eigenvalue weighted by Crippen LogP contribution is -2.34. The normalized spacial score (nSPS) is 41.0. The van der Waals surface area contributed by atoms with Gasteiger partial charge in [0.05, 0.1) is 18.4 Å². The van der Waals surface area contributed by atoms with Gasteiger partial charge in [-0.3, -0.25) is 0 Å². The van der Waals surface area contributed by atoms with Gasteiger partial charge in [0.1, 0.15) is 0 Å². The third-order valence-corrected chi connectivity index (χ3v) is 5.62. The Labute approximate surface area is 104 Å². The first-order valence-electron chi connectivity index (χ1n) is 6.16. The molecule has 1 aliphatic carbocycles. The molecular formula is C10H14N4O3S. The smallest absolute Gasteiger partial charge is 0.261 e. The second-order valence-corrected chi connectivity index (χ2v) is 7.07. The average molecular weight is 270 g/mol. The van der Waals surface area contributed by atoms with Crippen molar-refractivity contribution in [3.63, 3.8) is 0 Å². The van der Waals surface area contributed by atoms with Crippen LogP contribution in [0, 0.1) is 17.8 Å². The molecule has 3 aliphatic rings. The van der Waals surface area contributed by atoms with Crippen LogP contribution < -0.4 is 4.72 Å². The number of aromatic amines is 1. The van der Waals surface area contributed by atoms with Crippen molar-refractivity contribution in [3.05, 3.63) is 6.20 Å². The monoisotopic (exact) mass is 270 g/mol. The van der Waals surface area contributed by atoms with Gasteiger partial charge in [-0.15, -0.1) is 5.10 Å². The fraction of sp³-hybridized carbons (Fsp3) is 0.800. The number of ether oxygens (including phenoxy) is 1. The highest BCUT2D eigenvalue weighted by atomic mass is 32.2. The van der Waals surface area contributed by atoms with Gasteiger partial charge >= 0.3 is 0 Å². The van der Waals surface area contributed by atoms with E-state index in [4.69, 9.17) is 4.74 Å². The van der Waals surface area contributed by atoms with E-state index in [1.54, 1.807) is 0 Å². The van der Waals surface area contributed by atoms with E-state index in [0.717, 1.165) is 12.3 Å². The molecule has 8 heteroatoms. The van der Waals surface area contributed by atoms with Crippen LogP contribution >= 0.6 is 0 Å². The molecule has 1 saturated carbocycles. The molecule has 1 aromatic heterocycles. The first-order valence-corrected chi connectivity index (χ1v) is 7.64. The summed E-state index contributed by atoms with van der Waals surface area (Å²) in [6.07, 6.45) is 4.09. The molecule has 18 heavy (non-hydrogen) atoms. The molecule has 2 N–H and O–H groups in total. The van der Waals surface area contributed by atoms with Crippen molar-refractivity contribution >= 4 is 10.0 Å². The summed E-state index contributed by atoms with van der Waals surface area (Å²) in [5.74, 6) is 1.75. The Kier molecular flexibility index (Phi) is 2.13. The van der Waals surface area contributed by atoms with Gasteiger partial charge in [0.25, 0.3) is 10.0 Å². The van der Waals surface area contributed by atoms with Crippen molar-refractivity contribution in [2.45, 2.75) is 30.1 Å². The van der Waals surface area contributed by atoms with E-state index in [9.17, 15) is 8.42 Å². The Balaban J connectivity index is 1.42. The van der Waals surface area contributed by atoms with Crippen molar-refractivity contribution in [2.75, 3.05) is 6.54 Å². The number of hydrogen-bond donors (Lipinski definition) is 2. The van der Waals surface area contributed by atoms with E-state index in [-0.39, 0.29) is 11.1 Å². The van der Waals surface area contributed by atoms with Crippen molar-refractivity contribution in [2.24, 2.45) is 17.8 Å². The maximum Gasteiger partial charge on any atom is 0.261 e. The van der Waals surface area contributed by atoms with Crippen LogP contribution in [0.4, 0.5) is 0 Å². The molecule has 2 bridgehead atoms. The first kappa shape index (κ1) is 10.9. The summed E-state index contributed by atoms with van der Waals surface area (Å²) < 4.78 is 32.2. The number of aromatic nitrogens is 3. The fourth-order valence-electron chi connectivity index (χ4n) is 3.38. The third kappa shape index (κ3) is 1.52. The zero-order valence-corrected chi connectivity index (χ0v) is 10.4. The number of hydrogen-bond acceptors (Lipinski definition) is 5. The van der Waals surface area contributed by atoms with Crippen LogP contribution in [0.5, 0.6) is 0 Å². The minimum absolute atomic E-state index is 0.0594. The summed E-state index contributed by atoms with van der Waals surface area (Å²) in [6.45, 7) is 0.430. The third-order valence-electron chi connectivity index (χ3n) is 4.33. The maximum atomic E-state index is 11.9. The zero-order chi connectivity index (χ0) is 12.3. The van der Waals surface area contributed by atoms with E-state index in [1.807, 2.05) is 0 Å². The summed E-state index contributed by atoms with van der Waals surface area (Å²) in [5.41, 5.74) is 0. The lowest BCUT2D eigenvalue weighted by atomic mass is 9.89. The summed E-state index contributed by atoms with van der Waals surface area (Å²) in [6, 6.07) is 0. The molecule has 2 saturated heterocycles. The minimum atomic E-state index is -3.54. The summed E-state index contributed by atoms with van der Waals surface area (Å²) in [4.78, 5) is 0. The Hall–Kier alpha value is -0.990. The van der Waals surface area contributed by atoms with Gasteiger partial charge in [-0.25, -0.2) is 13.1 Å². The molecule has 3 fully saturated rings. The Morgan fingerprint density at radius 2 is 2.33 bits per heavy atom. The number of fused-ring (bicyclic) bond motifs is 5. The van der Waals surface area contributed by atoms with Gasteiger partial charge in [0, 0.05) is 12.5 Å². The molecule has 2 aliphatic heterocycles.